The van der Waals surface area contributed by atoms with Gasteiger partial charge in [-0.05, 0) is 30.7 Å². The first-order valence-electron chi connectivity index (χ1n) is 14.6. The molecule has 4 atom stereocenters. The molecule has 0 spiro atoms. The van der Waals surface area contributed by atoms with Crippen LogP contribution in [0, 0.1) is 5.41 Å². The zero-order valence-electron chi connectivity index (χ0n) is 25.9. The third-order valence-corrected chi connectivity index (χ3v) is 6.92. The van der Waals surface area contributed by atoms with Crippen LogP contribution in [0.25, 0.3) is 0 Å². The first-order chi connectivity index (χ1) is 21.1. The first kappa shape index (κ1) is 36.5. The van der Waals surface area contributed by atoms with Crippen LogP contribution in [-0.4, -0.2) is 94.2 Å². The van der Waals surface area contributed by atoms with Gasteiger partial charge in [0.2, 0.25) is 17.7 Å². The average Bonchev–Trinajstić information content (AvgIpc) is 3.44. The van der Waals surface area contributed by atoms with Gasteiger partial charge < -0.3 is 40.5 Å². The SMILES string of the molecule is CCOC(=O)C[C@H](CC(=O)O)NC(=O)[C@H]1CCCN1C(=O)[C@H](NC(=O)[C@H](CC(=O)O)NC(=O)OCc1ccccc1)C(C)(C)C. The van der Waals surface area contributed by atoms with Crippen LogP contribution in [0.15, 0.2) is 30.3 Å². The van der Waals surface area contributed by atoms with Gasteiger partial charge in [0.15, 0.2) is 0 Å². The number of rotatable bonds is 15. The van der Waals surface area contributed by atoms with E-state index in [1.807, 2.05) is 0 Å². The van der Waals surface area contributed by atoms with Crippen molar-refractivity contribution in [3.63, 3.8) is 0 Å². The highest BCUT2D eigenvalue weighted by molar-refractivity contribution is 5.96. The number of ether oxygens (including phenoxy) is 2. The fourth-order valence-electron chi connectivity index (χ4n) is 4.75. The lowest BCUT2D eigenvalue weighted by atomic mass is 9.85. The van der Waals surface area contributed by atoms with Crippen LogP contribution in [0.1, 0.15) is 65.4 Å². The van der Waals surface area contributed by atoms with Crippen molar-refractivity contribution in [1.82, 2.24) is 20.9 Å². The predicted octanol–water partition coefficient (Wildman–Crippen LogP) is 1.19. The Kier molecular flexibility index (Phi) is 13.8. The van der Waals surface area contributed by atoms with Gasteiger partial charge in [0.05, 0.1) is 25.9 Å². The second-order valence-electron chi connectivity index (χ2n) is 11.7. The fraction of sp³-hybridized carbons (Fsp3) is 0.567. The number of amides is 4. The molecule has 1 aliphatic rings. The maximum atomic E-state index is 13.8. The van der Waals surface area contributed by atoms with E-state index in [4.69, 9.17) is 9.47 Å². The zero-order valence-corrected chi connectivity index (χ0v) is 25.9. The summed E-state index contributed by atoms with van der Waals surface area (Å²) >= 11 is 0. The summed E-state index contributed by atoms with van der Waals surface area (Å²) in [5.74, 6) is -5.55. The molecular weight excluding hydrogens is 592 g/mol. The van der Waals surface area contributed by atoms with Gasteiger partial charge in [0.25, 0.3) is 0 Å². The number of hydrogen-bond donors (Lipinski definition) is 5. The molecule has 0 aromatic heterocycles. The molecule has 0 unspecified atom stereocenters. The Labute approximate surface area is 261 Å². The van der Waals surface area contributed by atoms with Crippen molar-refractivity contribution >= 4 is 41.7 Å². The monoisotopic (exact) mass is 634 g/mol. The number of carboxylic acid groups (broad SMARTS) is 2. The largest absolute Gasteiger partial charge is 0.481 e. The number of carbonyl (C=O) groups excluding carboxylic acids is 5. The molecule has 1 aliphatic heterocycles. The third kappa shape index (κ3) is 12.1. The second kappa shape index (κ2) is 17.0. The van der Waals surface area contributed by atoms with Gasteiger partial charge in [-0.1, -0.05) is 51.1 Å². The van der Waals surface area contributed by atoms with Gasteiger partial charge in [0, 0.05) is 12.6 Å². The summed E-state index contributed by atoms with van der Waals surface area (Å²) in [4.78, 5) is 88.9. The van der Waals surface area contributed by atoms with Gasteiger partial charge in [-0.2, -0.15) is 0 Å². The number of likely N-dealkylation sites (tertiary alicyclic amines) is 1. The number of benzene rings is 1. The molecule has 15 nitrogen and oxygen atoms in total. The van der Waals surface area contributed by atoms with Crippen LogP contribution in [0.4, 0.5) is 4.79 Å². The van der Waals surface area contributed by atoms with Gasteiger partial charge in [-0.3, -0.25) is 28.8 Å². The zero-order chi connectivity index (χ0) is 33.7. The summed E-state index contributed by atoms with van der Waals surface area (Å²) in [6, 6.07) is 3.78. The summed E-state index contributed by atoms with van der Waals surface area (Å²) < 4.78 is 9.99. The minimum absolute atomic E-state index is 0.0785. The molecule has 0 aliphatic carbocycles. The summed E-state index contributed by atoms with van der Waals surface area (Å²) in [7, 11) is 0. The van der Waals surface area contributed by atoms with Gasteiger partial charge in [-0.25, -0.2) is 4.79 Å². The van der Waals surface area contributed by atoms with Crippen molar-refractivity contribution in [2.45, 2.75) is 90.6 Å². The van der Waals surface area contributed by atoms with Gasteiger partial charge in [0.1, 0.15) is 24.7 Å². The Morgan fingerprint density at radius 2 is 1.56 bits per heavy atom. The third-order valence-electron chi connectivity index (χ3n) is 6.92. The molecule has 1 heterocycles. The van der Waals surface area contributed by atoms with Crippen LogP contribution >= 0.6 is 0 Å². The van der Waals surface area contributed by atoms with Crippen molar-refractivity contribution in [3.8, 4) is 0 Å². The van der Waals surface area contributed by atoms with E-state index in [1.54, 1.807) is 58.0 Å². The average molecular weight is 635 g/mol. The molecule has 15 heteroatoms. The van der Waals surface area contributed by atoms with Crippen molar-refractivity contribution in [2.24, 2.45) is 5.41 Å². The van der Waals surface area contributed by atoms with Crippen molar-refractivity contribution < 1.29 is 53.2 Å². The summed E-state index contributed by atoms with van der Waals surface area (Å²) in [6.07, 6.45) is -2.06. The lowest BCUT2D eigenvalue weighted by Crippen LogP contribution is -2.60. The highest BCUT2D eigenvalue weighted by atomic mass is 16.5. The van der Waals surface area contributed by atoms with E-state index in [2.05, 4.69) is 16.0 Å². The minimum Gasteiger partial charge on any atom is -0.481 e. The normalized spacial score (nSPS) is 16.4. The summed E-state index contributed by atoms with van der Waals surface area (Å²) in [6.45, 7) is 6.69. The second-order valence-corrected chi connectivity index (χ2v) is 11.7. The molecular formula is C30H42N4O11. The molecule has 2 rings (SSSR count). The number of nitrogens with zero attached hydrogens (tertiary/aromatic N) is 1. The summed E-state index contributed by atoms with van der Waals surface area (Å²) in [5.41, 5.74) is -0.252. The maximum Gasteiger partial charge on any atom is 0.408 e. The minimum atomic E-state index is -1.58. The van der Waals surface area contributed by atoms with Crippen molar-refractivity contribution in [3.05, 3.63) is 35.9 Å². The quantitative estimate of drug-likeness (QED) is 0.173. The summed E-state index contributed by atoms with van der Waals surface area (Å²) in [5, 5.41) is 26.0. The Bertz CT molecular complexity index is 1230. The Balaban J connectivity index is 2.17. The van der Waals surface area contributed by atoms with Crippen LogP contribution in [0.5, 0.6) is 0 Å². The molecule has 0 radical (unpaired) electrons. The smallest absolute Gasteiger partial charge is 0.408 e. The Morgan fingerprint density at radius 3 is 2.13 bits per heavy atom. The van der Waals surface area contributed by atoms with E-state index in [0.29, 0.717) is 12.0 Å². The predicted molar refractivity (Wildman–Crippen MR) is 157 cm³/mol. The lowest BCUT2D eigenvalue weighted by molar-refractivity contribution is -0.147. The number of carbonyl (C=O) groups is 7. The lowest BCUT2D eigenvalue weighted by Gasteiger charge is -2.36. The van der Waals surface area contributed by atoms with Crippen LogP contribution < -0.4 is 16.0 Å². The van der Waals surface area contributed by atoms with E-state index < -0.39 is 84.1 Å². The molecule has 5 N–H and O–H groups in total. The van der Waals surface area contributed by atoms with E-state index in [-0.39, 0.29) is 32.6 Å². The van der Waals surface area contributed by atoms with E-state index >= 15 is 0 Å². The van der Waals surface area contributed by atoms with E-state index in [0.717, 1.165) is 0 Å². The molecule has 1 aromatic carbocycles. The number of nitrogens with one attached hydrogen (secondary N) is 3. The molecule has 45 heavy (non-hydrogen) atoms. The van der Waals surface area contributed by atoms with Crippen LogP contribution in [-0.2, 0) is 44.8 Å². The highest BCUT2D eigenvalue weighted by Gasteiger charge is 2.43. The van der Waals surface area contributed by atoms with E-state index in [9.17, 15) is 43.8 Å². The molecule has 248 valence electrons. The number of aliphatic carboxylic acids is 2. The van der Waals surface area contributed by atoms with Crippen molar-refractivity contribution in [2.75, 3.05) is 13.2 Å². The molecule has 1 aromatic rings. The Hall–Kier alpha value is -4.69. The number of alkyl carbamates (subject to hydrolysis) is 1. The van der Waals surface area contributed by atoms with Gasteiger partial charge in [-0.15, -0.1) is 0 Å². The maximum absolute atomic E-state index is 13.8. The first-order valence-corrected chi connectivity index (χ1v) is 14.6. The van der Waals surface area contributed by atoms with Crippen LogP contribution in [0.3, 0.4) is 0 Å². The molecule has 0 saturated carbocycles. The standard InChI is InChI=1S/C30H42N4O11/c1-5-44-24(39)15-19(14-22(35)36)31-27(41)21-12-9-13-34(21)28(42)25(30(2,3)4)33-26(40)20(16-23(37)38)32-29(43)45-17-18-10-7-6-8-11-18/h6-8,10-11,19-21,25H,5,9,12-17H2,1-4H3,(H,31,41)(H,32,43)(H,33,40)(H,35,36)(H,37,38)/t19-,20-,21+,25-/m0/s1. The number of carboxylic acids is 2. The van der Waals surface area contributed by atoms with Gasteiger partial charge >= 0.3 is 24.0 Å². The number of hydrogen-bond acceptors (Lipinski definition) is 9. The molecule has 4 amide bonds. The fourth-order valence-corrected chi connectivity index (χ4v) is 4.75. The highest BCUT2D eigenvalue weighted by Crippen LogP contribution is 2.26. The molecule has 1 fully saturated rings. The number of esters is 1. The van der Waals surface area contributed by atoms with Crippen molar-refractivity contribution in [1.29, 1.82) is 0 Å². The van der Waals surface area contributed by atoms with Crippen LogP contribution in [0.2, 0.25) is 0 Å². The topological polar surface area (TPSA) is 218 Å². The van der Waals surface area contributed by atoms with E-state index in [1.165, 1.54) is 4.90 Å². The molecule has 0 bridgehead atoms. The Morgan fingerprint density at radius 1 is 0.911 bits per heavy atom. The molecule has 1 saturated heterocycles.